The molecule has 0 bridgehead atoms. The molecule has 0 aliphatic carbocycles. The first-order valence-electron chi connectivity index (χ1n) is 6.66. The number of pyridine rings is 1. The lowest BCUT2D eigenvalue weighted by Gasteiger charge is -2.13. The molecule has 0 saturated carbocycles. The quantitative estimate of drug-likeness (QED) is 0.853. The number of rotatable bonds is 6. The van der Waals surface area contributed by atoms with Gasteiger partial charge in [-0.15, -0.1) is 0 Å². The minimum absolute atomic E-state index is 0.741. The van der Waals surface area contributed by atoms with Crippen molar-refractivity contribution in [1.82, 2.24) is 4.98 Å². The zero-order chi connectivity index (χ0) is 13.5. The van der Waals surface area contributed by atoms with Gasteiger partial charge in [-0.25, -0.2) is 0 Å². The van der Waals surface area contributed by atoms with E-state index in [2.05, 4.69) is 24.1 Å². The highest BCUT2D eigenvalue weighted by molar-refractivity contribution is 5.56. The van der Waals surface area contributed by atoms with Crippen molar-refractivity contribution in [2.24, 2.45) is 0 Å². The van der Waals surface area contributed by atoms with Crippen LogP contribution in [0.4, 0.5) is 5.69 Å². The van der Waals surface area contributed by atoms with E-state index in [0.717, 1.165) is 31.0 Å². The number of hydrogen-bond acceptors (Lipinski definition) is 3. The Balaban J connectivity index is 2.05. The van der Waals surface area contributed by atoms with Crippen molar-refractivity contribution >= 4 is 5.69 Å². The number of benzene rings is 1. The molecule has 0 fully saturated rings. The highest BCUT2D eigenvalue weighted by Gasteiger charge is 2.03. The van der Waals surface area contributed by atoms with Gasteiger partial charge in [-0.1, -0.05) is 19.1 Å². The number of ether oxygens (including phenoxy) is 1. The average molecular weight is 256 g/mol. The van der Waals surface area contributed by atoms with Gasteiger partial charge in [0.25, 0.3) is 0 Å². The zero-order valence-corrected chi connectivity index (χ0v) is 11.5. The minimum Gasteiger partial charge on any atom is -0.491 e. The molecule has 3 nitrogen and oxygen atoms in total. The largest absolute Gasteiger partial charge is 0.491 e. The molecule has 0 amide bonds. The number of aryl methyl sites for hydroxylation is 1. The normalized spacial score (nSPS) is 10.2. The molecule has 19 heavy (non-hydrogen) atoms. The Labute approximate surface area is 114 Å². The summed E-state index contributed by atoms with van der Waals surface area (Å²) in [5.74, 6) is 0.908. The van der Waals surface area contributed by atoms with Crippen LogP contribution in [0.3, 0.4) is 0 Å². The monoisotopic (exact) mass is 256 g/mol. The minimum atomic E-state index is 0.741. The van der Waals surface area contributed by atoms with Gasteiger partial charge >= 0.3 is 0 Å². The van der Waals surface area contributed by atoms with Crippen molar-refractivity contribution < 1.29 is 4.74 Å². The summed E-state index contributed by atoms with van der Waals surface area (Å²) in [6.07, 6.45) is 4.73. The van der Waals surface area contributed by atoms with Crippen LogP contribution in [-0.2, 0) is 6.54 Å². The molecule has 2 aromatic rings. The Morgan fingerprint density at radius 2 is 2.05 bits per heavy atom. The first-order valence-corrected chi connectivity index (χ1v) is 6.66. The molecule has 0 aliphatic heterocycles. The van der Waals surface area contributed by atoms with E-state index in [1.807, 2.05) is 42.7 Å². The van der Waals surface area contributed by atoms with Crippen molar-refractivity contribution in [1.29, 1.82) is 0 Å². The maximum absolute atomic E-state index is 5.73. The van der Waals surface area contributed by atoms with Crippen molar-refractivity contribution in [3.05, 3.63) is 53.9 Å². The molecule has 0 saturated heterocycles. The first kappa shape index (κ1) is 13.4. The van der Waals surface area contributed by atoms with Crippen molar-refractivity contribution in [3.63, 3.8) is 0 Å². The van der Waals surface area contributed by atoms with Gasteiger partial charge in [-0.2, -0.15) is 0 Å². The summed E-state index contributed by atoms with van der Waals surface area (Å²) in [5.41, 5.74) is 3.47. The Hall–Kier alpha value is -2.03. The average Bonchev–Trinajstić information content (AvgIpc) is 2.45. The maximum atomic E-state index is 5.73. The summed E-state index contributed by atoms with van der Waals surface area (Å²) in [7, 11) is 0. The van der Waals surface area contributed by atoms with Crippen LogP contribution in [0.5, 0.6) is 5.75 Å². The third kappa shape index (κ3) is 3.71. The van der Waals surface area contributed by atoms with Crippen LogP contribution in [-0.4, -0.2) is 11.6 Å². The summed E-state index contributed by atoms with van der Waals surface area (Å²) in [6, 6.07) is 10.1. The summed E-state index contributed by atoms with van der Waals surface area (Å²) in [5, 5.41) is 3.41. The molecular weight excluding hydrogens is 236 g/mol. The Kier molecular flexibility index (Phi) is 4.78. The van der Waals surface area contributed by atoms with Gasteiger partial charge in [0.05, 0.1) is 12.3 Å². The SMILES string of the molecule is CCCOc1ccccc1NCc1cnccc1C. The zero-order valence-electron chi connectivity index (χ0n) is 11.5. The lowest BCUT2D eigenvalue weighted by Crippen LogP contribution is -2.04. The second kappa shape index (κ2) is 6.78. The maximum Gasteiger partial charge on any atom is 0.142 e. The molecule has 0 spiro atoms. The van der Waals surface area contributed by atoms with Crippen LogP contribution < -0.4 is 10.1 Å². The molecule has 1 heterocycles. The molecule has 1 N–H and O–H groups in total. The topological polar surface area (TPSA) is 34.1 Å². The Bertz CT molecular complexity index is 526. The third-order valence-corrected chi connectivity index (χ3v) is 2.97. The van der Waals surface area contributed by atoms with Gasteiger partial charge in [-0.3, -0.25) is 4.98 Å². The van der Waals surface area contributed by atoms with Crippen LogP contribution in [0.1, 0.15) is 24.5 Å². The number of anilines is 1. The standard InChI is InChI=1S/C16H20N2O/c1-3-10-19-16-7-5-4-6-15(16)18-12-14-11-17-9-8-13(14)2/h4-9,11,18H,3,10,12H2,1-2H3. The number of nitrogens with one attached hydrogen (secondary N) is 1. The van der Waals surface area contributed by atoms with Gasteiger partial charge < -0.3 is 10.1 Å². The van der Waals surface area contributed by atoms with Gasteiger partial charge in [0.1, 0.15) is 5.75 Å². The Morgan fingerprint density at radius 3 is 2.84 bits per heavy atom. The fourth-order valence-electron chi connectivity index (χ4n) is 1.82. The molecule has 2 rings (SSSR count). The van der Waals surface area contributed by atoms with Crippen molar-refractivity contribution in [2.75, 3.05) is 11.9 Å². The number of para-hydroxylation sites is 2. The number of nitrogens with zero attached hydrogens (tertiary/aromatic N) is 1. The predicted molar refractivity (Wildman–Crippen MR) is 78.5 cm³/mol. The van der Waals surface area contributed by atoms with Gasteiger partial charge in [0.2, 0.25) is 0 Å². The fraction of sp³-hybridized carbons (Fsp3) is 0.312. The predicted octanol–water partition coefficient (Wildman–Crippen LogP) is 3.79. The molecule has 3 heteroatoms. The lowest BCUT2D eigenvalue weighted by molar-refractivity contribution is 0.319. The second-order valence-electron chi connectivity index (χ2n) is 4.50. The first-order chi connectivity index (χ1) is 9.31. The third-order valence-electron chi connectivity index (χ3n) is 2.97. The summed E-state index contributed by atoms with van der Waals surface area (Å²) in [6.45, 7) is 5.70. The highest BCUT2D eigenvalue weighted by atomic mass is 16.5. The number of aromatic nitrogens is 1. The summed E-state index contributed by atoms with van der Waals surface area (Å²) < 4.78 is 5.73. The molecule has 100 valence electrons. The van der Waals surface area contributed by atoms with E-state index in [0.29, 0.717) is 0 Å². The van der Waals surface area contributed by atoms with Gasteiger partial charge in [0, 0.05) is 18.9 Å². The van der Waals surface area contributed by atoms with E-state index in [1.165, 1.54) is 11.1 Å². The van der Waals surface area contributed by atoms with Crippen molar-refractivity contribution in [3.8, 4) is 5.75 Å². The lowest BCUT2D eigenvalue weighted by atomic mass is 10.1. The molecular formula is C16H20N2O. The fourth-order valence-corrected chi connectivity index (χ4v) is 1.82. The molecule has 1 aromatic heterocycles. The van der Waals surface area contributed by atoms with E-state index >= 15 is 0 Å². The molecule has 0 radical (unpaired) electrons. The summed E-state index contributed by atoms with van der Waals surface area (Å²) >= 11 is 0. The molecule has 0 atom stereocenters. The molecule has 0 aliphatic rings. The van der Waals surface area contributed by atoms with Crippen LogP contribution in [0, 0.1) is 6.92 Å². The second-order valence-corrected chi connectivity index (χ2v) is 4.50. The van der Waals surface area contributed by atoms with Crippen LogP contribution in [0.25, 0.3) is 0 Å². The van der Waals surface area contributed by atoms with E-state index in [4.69, 9.17) is 4.74 Å². The van der Waals surface area contributed by atoms with Crippen LogP contribution in [0.2, 0.25) is 0 Å². The van der Waals surface area contributed by atoms with E-state index < -0.39 is 0 Å². The summed E-state index contributed by atoms with van der Waals surface area (Å²) in [4.78, 5) is 4.16. The Morgan fingerprint density at radius 1 is 1.21 bits per heavy atom. The molecule has 0 unspecified atom stereocenters. The van der Waals surface area contributed by atoms with E-state index in [9.17, 15) is 0 Å². The molecule has 1 aromatic carbocycles. The van der Waals surface area contributed by atoms with Crippen LogP contribution >= 0.6 is 0 Å². The number of hydrogen-bond donors (Lipinski definition) is 1. The smallest absolute Gasteiger partial charge is 0.142 e. The van der Waals surface area contributed by atoms with Crippen molar-refractivity contribution in [2.45, 2.75) is 26.8 Å². The van der Waals surface area contributed by atoms with E-state index in [-0.39, 0.29) is 0 Å². The van der Waals surface area contributed by atoms with Gasteiger partial charge in [-0.05, 0) is 42.7 Å². The van der Waals surface area contributed by atoms with Crippen LogP contribution in [0.15, 0.2) is 42.7 Å². The van der Waals surface area contributed by atoms with Gasteiger partial charge in [0.15, 0.2) is 0 Å². The highest BCUT2D eigenvalue weighted by Crippen LogP contribution is 2.24. The van der Waals surface area contributed by atoms with E-state index in [1.54, 1.807) is 0 Å².